The van der Waals surface area contributed by atoms with Crippen LogP contribution in [0.1, 0.15) is 43.3 Å². The largest absolute Gasteiger partial charge is 0.382 e. The summed E-state index contributed by atoms with van der Waals surface area (Å²) in [6.45, 7) is 6.84. The highest BCUT2D eigenvalue weighted by atomic mass is 32.2. The molecule has 0 saturated carbocycles. The second kappa shape index (κ2) is 6.22. The van der Waals surface area contributed by atoms with Gasteiger partial charge in [0, 0.05) is 17.3 Å². The van der Waals surface area contributed by atoms with Crippen molar-refractivity contribution in [3.8, 4) is 0 Å². The second-order valence-electron chi connectivity index (χ2n) is 5.95. The molecule has 0 aromatic carbocycles. The Kier molecular flexibility index (Phi) is 4.80. The lowest BCUT2D eigenvalue weighted by Gasteiger charge is -2.19. The molecule has 1 aromatic heterocycles. The number of nitrogens with one attached hydrogen (secondary N) is 2. The molecule has 1 aliphatic rings. The van der Waals surface area contributed by atoms with Gasteiger partial charge in [-0.05, 0) is 39.4 Å². The van der Waals surface area contributed by atoms with Crippen LogP contribution in [0, 0.1) is 0 Å². The summed E-state index contributed by atoms with van der Waals surface area (Å²) in [6.07, 6.45) is 2.42. The summed E-state index contributed by atoms with van der Waals surface area (Å²) in [4.78, 5) is 16.9. The lowest BCUT2D eigenvalue weighted by Crippen LogP contribution is -2.29. The van der Waals surface area contributed by atoms with Crippen LogP contribution in [0.2, 0.25) is 0 Å². The zero-order chi connectivity index (χ0) is 14.8. The third-order valence-corrected chi connectivity index (χ3v) is 5.24. The first-order valence-electron chi connectivity index (χ1n) is 6.79. The van der Waals surface area contributed by atoms with E-state index in [4.69, 9.17) is 5.73 Å². The minimum atomic E-state index is -0.116. The van der Waals surface area contributed by atoms with Crippen LogP contribution in [0.4, 0.5) is 10.9 Å². The maximum Gasteiger partial charge on any atom is 0.265 e. The average Bonchev–Trinajstić information content (AvgIpc) is 2.93. The molecular weight excluding hydrogens is 292 g/mol. The van der Waals surface area contributed by atoms with Crippen LogP contribution < -0.4 is 16.4 Å². The molecule has 2 rings (SSSR count). The number of carbonyl (C=O) groups is 1. The lowest BCUT2D eigenvalue weighted by molar-refractivity contribution is 0.0958. The summed E-state index contributed by atoms with van der Waals surface area (Å²) in [5, 5.41) is 7.43. The number of carbonyl (C=O) groups excluding carboxylic acids is 1. The zero-order valence-corrected chi connectivity index (χ0v) is 13.8. The number of amides is 1. The van der Waals surface area contributed by atoms with Crippen LogP contribution in [0.25, 0.3) is 0 Å². The van der Waals surface area contributed by atoms with Crippen molar-refractivity contribution < 1.29 is 4.79 Å². The van der Waals surface area contributed by atoms with E-state index in [1.165, 1.54) is 29.9 Å². The van der Waals surface area contributed by atoms with Gasteiger partial charge in [-0.3, -0.25) is 4.79 Å². The number of anilines is 2. The van der Waals surface area contributed by atoms with Gasteiger partial charge in [-0.15, -0.1) is 0 Å². The molecule has 20 heavy (non-hydrogen) atoms. The maximum atomic E-state index is 12.1. The fourth-order valence-electron chi connectivity index (χ4n) is 1.96. The highest BCUT2D eigenvalue weighted by molar-refractivity contribution is 8.00. The summed E-state index contributed by atoms with van der Waals surface area (Å²) in [5.74, 6) is 1.39. The number of hydrogen-bond donors (Lipinski definition) is 3. The molecule has 2 heterocycles. The number of nitrogen functional groups attached to an aromatic ring is 1. The van der Waals surface area contributed by atoms with Gasteiger partial charge in [0.05, 0.1) is 0 Å². The predicted octanol–water partition coefficient (Wildman–Crippen LogP) is 2.56. The topological polar surface area (TPSA) is 80.0 Å². The SMILES string of the molecule is CC(C)(C)Nc1nc(N)c(C(=O)NCC2CCCS2)s1. The molecule has 1 amide bonds. The van der Waals surface area contributed by atoms with Crippen LogP contribution in [-0.2, 0) is 0 Å². The number of nitrogens with zero attached hydrogens (tertiary/aromatic N) is 1. The molecule has 0 bridgehead atoms. The minimum absolute atomic E-state index is 0.0987. The van der Waals surface area contributed by atoms with Crippen molar-refractivity contribution in [2.45, 2.75) is 44.4 Å². The number of thiazole rings is 1. The highest BCUT2D eigenvalue weighted by Crippen LogP contribution is 2.28. The molecule has 1 unspecified atom stereocenters. The van der Waals surface area contributed by atoms with Crippen molar-refractivity contribution in [3.63, 3.8) is 0 Å². The van der Waals surface area contributed by atoms with Gasteiger partial charge in [-0.2, -0.15) is 11.8 Å². The molecule has 1 aliphatic heterocycles. The molecule has 4 N–H and O–H groups in total. The van der Waals surface area contributed by atoms with E-state index in [2.05, 4.69) is 15.6 Å². The summed E-state index contributed by atoms with van der Waals surface area (Å²) >= 11 is 3.24. The molecular formula is C13H22N4OS2. The Bertz CT molecular complexity index is 475. The number of hydrogen-bond acceptors (Lipinski definition) is 6. The Balaban J connectivity index is 1.95. The van der Waals surface area contributed by atoms with Crippen molar-refractivity contribution >= 4 is 40.0 Å². The molecule has 7 heteroatoms. The molecule has 112 valence electrons. The van der Waals surface area contributed by atoms with Crippen molar-refractivity contribution in [2.24, 2.45) is 0 Å². The normalized spacial score (nSPS) is 19.1. The van der Waals surface area contributed by atoms with E-state index in [9.17, 15) is 4.79 Å². The van der Waals surface area contributed by atoms with Gasteiger partial charge in [-0.1, -0.05) is 11.3 Å². The standard InChI is InChI=1S/C13H22N4OS2/c1-13(2,3)17-12-16-10(14)9(20-12)11(18)15-7-8-5-4-6-19-8/h8H,4-7,14H2,1-3H3,(H,15,18)(H,16,17). The summed E-state index contributed by atoms with van der Waals surface area (Å²) < 4.78 is 0. The molecule has 1 aromatic rings. The first-order valence-corrected chi connectivity index (χ1v) is 8.66. The maximum absolute atomic E-state index is 12.1. The number of rotatable bonds is 4. The van der Waals surface area contributed by atoms with Crippen LogP contribution in [0.15, 0.2) is 0 Å². The Hall–Kier alpha value is -0.950. The van der Waals surface area contributed by atoms with Gasteiger partial charge in [0.1, 0.15) is 10.7 Å². The van der Waals surface area contributed by atoms with Gasteiger partial charge in [-0.25, -0.2) is 4.98 Å². The van der Waals surface area contributed by atoms with E-state index >= 15 is 0 Å². The van der Waals surface area contributed by atoms with Crippen LogP contribution in [0.3, 0.4) is 0 Å². The van der Waals surface area contributed by atoms with Gasteiger partial charge in [0.15, 0.2) is 5.13 Å². The third-order valence-electron chi connectivity index (χ3n) is 2.86. The fraction of sp³-hybridized carbons (Fsp3) is 0.692. The quantitative estimate of drug-likeness (QED) is 0.796. The zero-order valence-electron chi connectivity index (χ0n) is 12.2. The number of aromatic nitrogens is 1. The van der Waals surface area contributed by atoms with E-state index in [0.29, 0.717) is 27.6 Å². The highest BCUT2D eigenvalue weighted by Gasteiger charge is 2.21. The Morgan fingerprint density at radius 3 is 2.85 bits per heavy atom. The summed E-state index contributed by atoms with van der Waals surface area (Å²) in [5.41, 5.74) is 5.74. The molecule has 0 spiro atoms. The first-order chi connectivity index (χ1) is 9.35. The second-order valence-corrected chi connectivity index (χ2v) is 8.36. The fourth-order valence-corrected chi connectivity index (χ4v) is 4.17. The van der Waals surface area contributed by atoms with Gasteiger partial charge in [0.2, 0.25) is 0 Å². The predicted molar refractivity (Wildman–Crippen MR) is 87.7 cm³/mol. The first kappa shape index (κ1) is 15.4. The summed E-state index contributed by atoms with van der Waals surface area (Å²) in [6, 6.07) is 0. The molecule has 0 radical (unpaired) electrons. The van der Waals surface area contributed by atoms with Gasteiger partial charge < -0.3 is 16.4 Å². The third kappa shape index (κ3) is 4.28. The average molecular weight is 314 g/mol. The smallest absolute Gasteiger partial charge is 0.265 e. The van der Waals surface area contributed by atoms with E-state index in [1.807, 2.05) is 32.5 Å². The van der Waals surface area contributed by atoms with Crippen molar-refractivity contribution in [2.75, 3.05) is 23.3 Å². The Labute approximate surface area is 128 Å². The number of thioether (sulfide) groups is 1. The van der Waals surface area contributed by atoms with E-state index in [0.717, 1.165) is 0 Å². The van der Waals surface area contributed by atoms with E-state index < -0.39 is 0 Å². The molecule has 1 atom stereocenters. The molecule has 0 aliphatic carbocycles. The summed E-state index contributed by atoms with van der Waals surface area (Å²) in [7, 11) is 0. The number of nitrogens with two attached hydrogens (primary N) is 1. The molecule has 5 nitrogen and oxygen atoms in total. The molecule has 1 fully saturated rings. The van der Waals surface area contributed by atoms with Crippen molar-refractivity contribution in [1.82, 2.24) is 10.3 Å². The Morgan fingerprint density at radius 1 is 1.50 bits per heavy atom. The van der Waals surface area contributed by atoms with Crippen molar-refractivity contribution in [3.05, 3.63) is 4.88 Å². The minimum Gasteiger partial charge on any atom is -0.382 e. The molecule has 1 saturated heterocycles. The van der Waals surface area contributed by atoms with Crippen LogP contribution in [-0.4, -0.2) is 34.0 Å². The lowest BCUT2D eigenvalue weighted by atomic mass is 10.1. The monoisotopic (exact) mass is 314 g/mol. The van der Waals surface area contributed by atoms with E-state index in [-0.39, 0.29) is 11.4 Å². The van der Waals surface area contributed by atoms with Gasteiger partial charge >= 0.3 is 0 Å². The van der Waals surface area contributed by atoms with Crippen LogP contribution in [0.5, 0.6) is 0 Å². The van der Waals surface area contributed by atoms with Gasteiger partial charge in [0.25, 0.3) is 5.91 Å². The van der Waals surface area contributed by atoms with E-state index in [1.54, 1.807) is 0 Å². The van der Waals surface area contributed by atoms with Crippen molar-refractivity contribution in [1.29, 1.82) is 0 Å². The van der Waals surface area contributed by atoms with Crippen LogP contribution >= 0.6 is 23.1 Å². The Morgan fingerprint density at radius 2 is 2.25 bits per heavy atom.